The van der Waals surface area contributed by atoms with Crippen molar-refractivity contribution in [3.63, 3.8) is 0 Å². The molecule has 0 unspecified atom stereocenters. The Bertz CT molecular complexity index is 168. The van der Waals surface area contributed by atoms with E-state index in [9.17, 15) is 4.79 Å². The van der Waals surface area contributed by atoms with Crippen LogP contribution in [-0.4, -0.2) is 10.7 Å². The second-order valence-corrected chi connectivity index (χ2v) is 4.63. The average Bonchev–Trinajstić information content (AvgIpc) is 1.97. The first-order valence-electron chi connectivity index (χ1n) is 3.51. The molecule has 1 rings (SSSR count). The molecule has 0 amide bonds. The van der Waals surface area contributed by atoms with Crippen molar-refractivity contribution in [3.8, 4) is 0 Å². The number of halogens is 1. The molecule has 1 fully saturated rings. The number of rotatable bonds is 1. The lowest BCUT2D eigenvalue weighted by molar-refractivity contribution is -0.118. The molecule has 1 aliphatic carbocycles. The minimum Gasteiger partial charge on any atom is -0.300 e. The Morgan fingerprint density at radius 1 is 1.40 bits per heavy atom. The first-order valence-corrected chi connectivity index (χ1v) is 3.89. The van der Waals surface area contributed by atoms with Crippen LogP contribution in [0.25, 0.3) is 0 Å². The first-order chi connectivity index (χ1) is 4.32. The summed E-state index contributed by atoms with van der Waals surface area (Å²) in [6, 6.07) is 0. The molecule has 0 radical (unpaired) electrons. The Hall–Kier alpha value is -0.0400. The molecule has 0 aromatic carbocycles. The van der Waals surface area contributed by atoms with Crippen molar-refractivity contribution in [2.24, 2.45) is 11.3 Å². The van der Waals surface area contributed by atoms with Gasteiger partial charge in [0, 0.05) is 5.92 Å². The lowest BCUT2D eigenvalue weighted by atomic mass is 10.1. The third-order valence-corrected chi connectivity index (χ3v) is 3.55. The lowest BCUT2D eigenvalue weighted by Crippen LogP contribution is -2.02. The Kier molecular flexibility index (Phi) is 1.42. The number of carbonyl (C=O) groups excluding carboxylic acids is 1. The summed E-state index contributed by atoms with van der Waals surface area (Å²) in [5, 5.41) is 0. The highest BCUT2D eigenvalue weighted by Crippen LogP contribution is 2.65. The molecule has 0 spiro atoms. The van der Waals surface area contributed by atoms with Crippen LogP contribution in [0.4, 0.5) is 0 Å². The van der Waals surface area contributed by atoms with Crippen LogP contribution in [0.5, 0.6) is 0 Å². The molecule has 1 saturated carbocycles. The van der Waals surface area contributed by atoms with Crippen LogP contribution in [0, 0.1) is 11.3 Å². The Balaban J connectivity index is 2.81. The fourth-order valence-electron chi connectivity index (χ4n) is 1.82. The molecule has 0 bridgehead atoms. The van der Waals surface area contributed by atoms with E-state index in [1.807, 2.05) is 20.8 Å². The van der Waals surface area contributed by atoms with Crippen molar-refractivity contribution in [1.82, 2.24) is 0 Å². The molecular weight excluding hydrogens is 148 g/mol. The predicted molar refractivity (Wildman–Crippen MR) is 42.2 cm³/mol. The van der Waals surface area contributed by atoms with Crippen LogP contribution in [-0.2, 0) is 4.79 Å². The van der Waals surface area contributed by atoms with Crippen molar-refractivity contribution < 1.29 is 4.79 Å². The zero-order valence-electron chi connectivity index (χ0n) is 6.86. The van der Waals surface area contributed by atoms with Gasteiger partial charge in [-0.3, -0.25) is 4.79 Å². The van der Waals surface area contributed by atoms with Crippen LogP contribution >= 0.6 is 11.6 Å². The molecule has 0 saturated heterocycles. The normalized spacial score (nSPS) is 43.1. The quantitative estimate of drug-likeness (QED) is 0.538. The number of hydrogen-bond acceptors (Lipinski definition) is 1. The summed E-state index contributed by atoms with van der Waals surface area (Å²) in [6.07, 6.45) is 0. The molecule has 0 aromatic rings. The van der Waals surface area contributed by atoms with E-state index in [0.29, 0.717) is 0 Å². The molecule has 0 aliphatic heterocycles. The topological polar surface area (TPSA) is 17.1 Å². The van der Waals surface area contributed by atoms with Gasteiger partial charge >= 0.3 is 0 Å². The van der Waals surface area contributed by atoms with Crippen LogP contribution < -0.4 is 0 Å². The van der Waals surface area contributed by atoms with E-state index in [1.165, 1.54) is 0 Å². The van der Waals surface area contributed by atoms with Crippen molar-refractivity contribution in [1.29, 1.82) is 0 Å². The summed E-state index contributed by atoms with van der Waals surface area (Å²) in [5.74, 6) is 0.268. The second kappa shape index (κ2) is 1.76. The van der Waals surface area contributed by atoms with Gasteiger partial charge in [0.05, 0.1) is 4.87 Å². The zero-order valence-corrected chi connectivity index (χ0v) is 7.62. The molecule has 2 atom stereocenters. The van der Waals surface area contributed by atoms with Crippen molar-refractivity contribution >= 4 is 17.4 Å². The lowest BCUT2D eigenvalue weighted by Gasteiger charge is -2.01. The third kappa shape index (κ3) is 0.731. The van der Waals surface area contributed by atoms with Crippen LogP contribution in [0.3, 0.4) is 0 Å². The van der Waals surface area contributed by atoms with Crippen molar-refractivity contribution in [2.45, 2.75) is 32.6 Å². The van der Waals surface area contributed by atoms with E-state index < -0.39 is 0 Å². The van der Waals surface area contributed by atoms with E-state index in [0.717, 1.165) is 0 Å². The van der Waals surface area contributed by atoms with Gasteiger partial charge in [0.2, 0.25) is 0 Å². The Morgan fingerprint density at radius 2 is 1.70 bits per heavy atom. The Labute approximate surface area is 66.8 Å². The minimum atomic E-state index is -0.293. The van der Waals surface area contributed by atoms with Gasteiger partial charge in [-0.25, -0.2) is 0 Å². The van der Waals surface area contributed by atoms with E-state index in [1.54, 1.807) is 6.92 Å². The van der Waals surface area contributed by atoms with Crippen LogP contribution in [0.15, 0.2) is 0 Å². The molecule has 2 heteroatoms. The van der Waals surface area contributed by atoms with Gasteiger partial charge in [0.1, 0.15) is 5.78 Å². The van der Waals surface area contributed by atoms with Gasteiger partial charge in [0.15, 0.2) is 0 Å². The predicted octanol–water partition coefficient (Wildman–Crippen LogP) is 2.23. The van der Waals surface area contributed by atoms with Crippen LogP contribution in [0.1, 0.15) is 27.7 Å². The molecule has 58 valence electrons. The van der Waals surface area contributed by atoms with Crippen molar-refractivity contribution in [3.05, 3.63) is 0 Å². The summed E-state index contributed by atoms with van der Waals surface area (Å²) < 4.78 is 0. The number of ketones is 1. The molecule has 0 aromatic heterocycles. The highest BCUT2D eigenvalue weighted by atomic mass is 35.5. The minimum absolute atomic E-state index is 0.000386. The Morgan fingerprint density at radius 3 is 1.70 bits per heavy atom. The second-order valence-electron chi connectivity index (χ2n) is 3.84. The van der Waals surface area contributed by atoms with Gasteiger partial charge in [-0.2, -0.15) is 0 Å². The smallest absolute Gasteiger partial charge is 0.135 e. The summed E-state index contributed by atoms with van der Waals surface area (Å²) in [6.45, 7) is 7.61. The van der Waals surface area contributed by atoms with E-state index in [-0.39, 0.29) is 22.0 Å². The highest BCUT2D eigenvalue weighted by molar-refractivity contribution is 6.29. The van der Waals surface area contributed by atoms with E-state index >= 15 is 0 Å². The highest BCUT2D eigenvalue weighted by Gasteiger charge is 2.69. The van der Waals surface area contributed by atoms with Gasteiger partial charge in [0.25, 0.3) is 0 Å². The number of Topliss-reactive ketones (excluding diaryl/α,β-unsaturated/α-hetero) is 1. The maximum Gasteiger partial charge on any atom is 0.135 e. The molecule has 10 heavy (non-hydrogen) atoms. The average molecular weight is 161 g/mol. The molecular formula is C8H13ClO. The molecule has 1 aliphatic rings. The van der Waals surface area contributed by atoms with Gasteiger partial charge in [-0.15, -0.1) is 11.6 Å². The maximum absolute atomic E-state index is 11.0. The fraction of sp³-hybridized carbons (Fsp3) is 0.875. The number of carbonyl (C=O) groups is 1. The number of alkyl halides is 1. The van der Waals surface area contributed by atoms with Gasteiger partial charge in [-0.1, -0.05) is 13.8 Å². The third-order valence-electron chi connectivity index (χ3n) is 2.85. The molecule has 1 nitrogen and oxygen atoms in total. The van der Waals surface area contributed by atoms with Gasteiger partial charge in [-0.05, 0) is 19.3 Å². The monoisotopic (exact) mass is 160 g/mol. The standard InChI is InChI=1S/C8H13ClO/c1-5(10)6-7(2,3)8(6,4)9/h6H,1-4H3/t6-,8+/m1/s1. The SMILES string of the molecule is CC(=O)[C@@H]1C(C)(C)[C@@]1(C)Cl. The first kappa shape index (κ1) is 8.06. The fourth-order valence-corrected chi connectivity index (χ4v) is 2.30. The summed E-state index contributed by atoms with van der Waals surface area (Å²) in [4.78, 5) is 10.7. The van der Waals surface area contributed by atoms with Crippen LogP contribution in [0.2, 0.25) is 0 Å². The molecule has 0 N–H and O–H groups in total. The van der Waals surface area contributed by atoms with Crippen molar-refractivity contribution in [2.75, 3.05) is 0 Å². The zero-order chi connectivity index (χ0) is 8.15. The largest absolute Gasteiger partial charge is 0.300 e. The summed E-state index contributed by atoms with van der Waals surface area (Å²) in [7, 11) is 0. The maximum atomic E-state index is 11.0. The van der Waals surface area contributed by atoms with E-state index in [4.69, 9.17) is 11.6 Å². The summed E-state index contributed by atoms with van der Waals surface area (Å²) in [5.41, 5.74) is 0.000386. The van der Waals surface area contributed by atoms with Gasteiger partial charge < -0.3 is 0 Å². The summed E-state index contributed by atoms with van der Waals surface area (Å²) >= 11 is 6.07. The molecule has 0 heterocycles. The van der Waals surface area contributed by atoms with E-state index in [2.05, 4.69) is 0 Å². The number of hydrogen-bond donors (Lipinski definition) is 0.